The van der Waals surface area contributed by atoms with Crippen LogP contribution < -0.4 is 16.0 Å². The Balaban J connectivity index is 1.73. The molecule has 29 heavy (non-hydrogen) atoms. The van der Waals surface area contributed by atoms with Crippen molar-refractivity contribution in [2.75, 3.05) is 25.4 Å². The highest BCUT2D eigenvalue weighted by Gasteiger charge is 2.27. The van der Waals surface area contributed by atoms with Crippen molar-refractivity contribution < 1.29 is 13.6 Å². The van der Waals surface area contributed by atoms with Gasteiger partial charge in [0.2, 0.25) is 0 Å². The smallest absolute Gasteiger partial charge is 0.423 e. The van der Waals surface area contributed by atoms with E-state index in [2.05, 4.69) is 24.8 Å². The van der Waals surface area contributed by atoms with E-state index in [1.165, 1.54) is 0 Å². The van der Waals surface area contributed by atoms with Gasteiger partial charge in [0, 0.05) is 28.7 Å². The number of rotatable bonds is 6. The molecule has 0 fully saturated rings. The van der Waals surface area contributed by atoms with Crippen LogP contribution in [0.4, 0.5) is 0 Å². The first-order valence-electron chi connectivity index (χ1n) is 9.81. The van der Waals surface area contributed by atoms with Crippen molar-refractivity contribution in [3.8, 4) is 11.5 Å². The van der Waals surface area contributed by atoms with Crippen LogP contribution in [0.25, 0.3) is 11.2 Å². The van der Waals surface area contributed by atoms with Crippen LogP contribution in [0.15, 0.2) is 54.8 Å². The Morgan fingerprint density at radius 1 is 1.00 bits per heavy atom. The predicted molar refractivity (Wildman–Crippen MR) is 114 cm³/mol. The molecular formula is C22H23NO5S. The maximum absolute atomic E-state index is 11.8. The summed E-state index contributed by atoms with van der Waals surface area (Å²) in [7, 11) is 0. The second-order valence-corrected chi connectivity index (χ2v) is 8.19. The van der Waals surface area contributed by atoms with Gasteiger partial charge in [-0.25, -0.2) is 9.59 Å². The van der Waals surface area contributed by atoms with Crippen LogP contribution in [-0.4, -0.2) is 30.3 Å². The standard InChI is InChI=1S/C22H23NO5S/c1-3-23(4-2)11-12-29-19-13-15-17(26-16-8-6-5-7-14(16)19)9-10-18-20(15)28-22(25)21(24)27-18/h5-10,19H,3-4,11-13H2,1-2H3. The molecule has 1 aliphatic heterocycles. The van der Waals surface area contributed by atoms with Crippen LogP contribution in [0.5, 0.6) is 11.5 Å². The molecule has 1 aliphatic rings. The molecule has 0 saturated carbocycles. The number of hydrogen-bond donors (Lipinski definition) is 0. The van der Waals surface area contributed by atoms with Gasteiger partial charge in [-0.05, 0) is 37.7 Å². The van der Waals surface area contributed by atoms with Gasteiger partial charge in [0.1, 0.15) is 11.5 Å². The molecule has 4 rings (SSSR count). The molecule has 0 N–H and O–H groups in total. The second kappa shape index (κ2) is 8.47. The summed E-state index contributed by atoms with van der Waals surface area (Å²) in [5.74, 6) is 2.39. The summed E-state index contributed by atoms with van der Waals surface area (Å²) in [6.07, 6.45) is 0.614. The van der Waals surface area contributed by atoms with Gasteiger partial charge in [0.05, 0.1) is 0 Å². The van der Waals surface area contributed by atoms with Crippen LogP contribution in [0.1, 0.15) is 30.2 Å². The zero-order chi connectivity index (χ0) is 20.4. The number of para-hydroxylation sites is 1. The molecule has 2 aromatic carbocycles. The van der Waals surface area contributed by atoms with Crippen molar-refractivity contribution in [3.63, 3.8) is 0 Å². The van der Waals surface area contributed by atoms with Gasteiger partial charge in [-0.15, -0.1) is 0 Å². The second-order valence-electron chi connectivity index (χ2n) is 6.88. The number of fused-ring (bicyclic) bond motifs is 4. The molecule has 1 unspecified atom stereocenters. The molecule has 6 nitrogen and oxygen atoms in total. The molecule has 0 saturated heterocycles. The van der Waals surface area contributed by atoms with Crippen molar-refractivity contribution in [3.05, 3.63) is 68.4 Å². The summed E-state index contributed by atoms with van der Waals surface area (Å²) in [5, 5.41) is 0.130. The number of nitrogens with zero attached hydrogens (tertiary/aromatic N) is 1. The summed E-state index contributed by atoms with van der Waals surface area (Å²) in [4.78, 5) is 25.7. The van der Waals surface area contributed by atoms with Crippen molar-refractivity contribution in [2.45, 2.75) is 25.5 Å². The molecule has 1 aromatic heterocycles. The highest BCUT2D eigenvalue weighted by atomic mass is 32.2. The van der Waals surface area contributed by atoms with E-state index in [-0.39, 0.29) is 16.4 Å². The molecule has 152 valence electrons. The van der Waals surface area contributed by atoms with Crippen molar-refractivity contribution >= 4 is 22.9 Å². The van der Waals surface area contributed by atoms with E-state index in [1.807, 2.05) is 30.0 Å². The monoisotopic (exact) mass is 413 g/mol. The topological polar surface area (TPSA) is 72.9 Å². The Morgan fingerprint density at radius 3 is 2.55 bits per heavy atom. The summed E-state index contributed by atoms with van der Waals surface area (Å²) in [6.45, 7) is 7.39. The minimum absolute atomic E-state index is 0.130. The average Bonchev–Trinajstić information content (AvgIpc) is 2.89. The molecule has 1 atom stereocenters. The lowest BCUT2D eigenvalue weighted by Gasteiger charge is -2.21. The van der Waals surface area contributed by atoms with Crippen LogP contribution in [0, 0.1) is 0 Å². The minimum Gasteiger partial charge on any atom is -0.457 e. The minimum atomic E-state index is -1.00. The van der Waals surface area contributed by atoms with Gasteiger partial charge < -0.3 is 18.5 Å². The quantitative estimate of drug-likeness (QED) is 0.561. The predicted octanol–water partition coefficient (Wildman–Crippen LogP) is 4.21. The normalized spacial score (nSPS) is 15.6. The van der Waals surface area contributed by atoms with E-state index in [0.29, 0.717) is 12.2 Å². The van der Waals surface area contributed by atoms with Gasteiger partial charge in [-0.1, -0.05) is 32.0 Å². The molecule has 0 radical (unpaired) electrons. The Hall–Kier alpha value is -2.51. The van der Waals surface area contributed by atoms with E-state index in [0.717, 1.165) is 42.3 Å². The first-order chi connectivity index (χ1) is 14.1. The number of benzene rings is 2. The molecule has 3 aromatic rings. The Labute approximate surface area is 172 Å². The number of hydrogen-bond acceptors (Lipinski definition) is 7. The zero-order valence-electron chi connectivity index (χ0n) is 16.5. The largest absolute Gasteiger partial charge is 0.457 e. The van der Waals surface area contributed by atoms with E-state index in [9.17, 15) is 9.59 Å². The van der Waals surface area contributed by atoms with Crippen LogP contribution in [0.3, 0.4) is 0 Å². The van der Waals surface area contributed by atoms with Gasteiger partial charge in [0.25, 0.3) is 0 Å². The first kappa shape index (κ1) is 19.8. The number of thioether (sulfide) groups is 1. The third-order valence-corrected chi connectivity index (χ3v) is 6.48. The van der Waals surface area contributed by atoms with E-state index >= 15 is 0 Å². The van der Waals surface area contributed by atoms with Crippen LogP contribution in [-0.2, 0) is 6.42 Å². The van der Waals surface area contributed by atoms with Crippen LogP contribution in [0.2, 0.25) is 0 Å². The Bertz CT molecular complexity index is 1130. The molecule has 2 heterocycles. The molecule has 0 spiro atoms. The Morgan fingerprint density at radius 2 is 1.76 bits per heavy atom. The van der Waals surface area contributed by atoms with E-state index < -0.39 is 11.3 Å². The van der Waals surface area contributed by atoms with Crippen LogP contribution >= 0.6 is 11.8 Å². The lowest BCUT2D eigenvalue weighted by atomic mass is 10.0. The van der Waals surface area contributed by atoms with Crippen molar-refractivity contribution in [2.24, 2.45) is 0 Å². The number of ether oxygens (including phenoxy) is 1. The highest BCUT2D eigenvalue weighted by Crippen LogP contribution is 2.45. The highest BCUT2D eigenvalue weighted by molar-refractivity contribution is 7.99. The van der Waals surface area contributed by atoms with E-state index in [4.69, 9.17) is 13.6 Å². The summed E-state index contributed by atoms with van der Waals surface area (Å²) in [5.41, 5.74) is 0.406. The third kappa shape index (κ3) is 3.97. The average molecular weight is 413 g/mol. The first-order valence-corrected chi connectivity index (χ1v) is 10.9. The van der Waals surface area contributed by atoms with Crippen molar-refractivity contribution in [1.29, 1.82) is 0 Å². The maximum Gasteiger partial charge on any atom is 0.423 e. The van der Waals surface area contributed by atoms with E-state index in [1.54, 1.807) is 12.1 Å². The molecular weight excluding hydrogens is 390 g/mol. The fourth-order valence-corrected chi connectivity index (χ4v) is 4.92. The van der Waals surface area contributed by atoms with Crippen molar-refractivity contribution in [1.82, 2.24) is 4.90 Å². The fourth-order valence-electron chi connectivity index (χ4n) is 3.61. The Kier molecular flexibility index (Phi) is 5.78. The SMILES string of the molecule is CCN(CC)CCSC1Cc2c(ccc3oc(=O)c(=O)oc23)Oc2ccccc21. The van der Waals surface area contributed by atoms with Gasteiger partial charge in [0.15, 0.2) is 11.2 Å². The molecule has 0 bridgehead atoms. The van der Waals surface area contributed by atoms with Gasteiger partial charge in [-0.3, -0.25) is 0 Å². The van der Waals surface area contributed by atoms with Gasteiger partial charge >= 0.3 is 11.3 Å². The molecule has 7 heteroatoms. The maximum atomic E-state index is 11.8. The lowest BCUT2D eigenvalue weighted by molar-refractivity contribution is 0.323. The molecule has 0 amide bonds. The lowest BCUT2D eigenvalue weighted by Crippen LogP contribution is -2.25. The summed E-state index contributed by atoms with van der Waals surface area (Å²) in [6, 6.07) is 11.4. The fraction of sp³-hybridized carbons (Fsp3) is 0.364. The zero-order valence-corrected chi connectivity index (χ0v) is 17.3. The third-order valence-electron chi connectivity index (χ3n) is 5.24. The summed E-state index contributed by atoms with van der Waals surface area (Å²) >= 11 is 1.86. The summed E-state index contributed by atoms with van der Waals surface area (Å²) < 4.78 is 16.6. The van der Waals surface area contributed by atoms with Gasteiger partial charge in [-0.2, -0.15) is 11.8 Å². The molecule has 0 aliphatic carbocycles.